The summed E-state index contributed by atoms with van der Waals surface area (Å²) in [6, 6.07) is 8.49. The van der Waals surface area contributed by atoms with E-state index in [1.165, 1.54) is 30.3 Å². The van der Waals surface area contributed by atoms with Crippen molar-refractivity contribution in [2.75, 3.05) is 18.9 Å². The molecule has 0 bridgehead atoms. The zero-order chi connectivity index (χ0) is 20.2. The van der Waals surface area contributed by atoms with Crippen LogP contribution in [0.2, 0.25) is 5.02 Å². The number of nitrogens with zero attached hydrogens (tertiary/aromatic N) is 1. The monoisotopic (exact) mass is 402 g/mol. The van der Waals surface area contributed by atoms with Gasteiger partial charge in [0.05, 0.1) is 17.5 Å². The van der Waals surface area contributed by atoms with Gasteiger partial charge < -0.3 is 10.2 Å². The standard InChI is InChI=1S/C17H15ClF3N3O3/c1-23(9-11-2-4-12(5-3-11)17(19,20)21)10-16(25)22-14-8-13(18)6-7-15(14)24(26)27/h2-8H,9-10H2,1H3,(H,22,25)/p+1. The number of hydrogen-bond acceptors (Lipinski definition) is 3. The normalized spacial score (nSPS) is 12.5. The van der Waals surface area contributed by atoms with Gasteiger partial charge in [-0.15, -0.1) is 0 Å². The number of halogens is 4. The Balaban J connectivity index is 1.98. The molecule has 0 saturated heterocycles. The third-order valence-electron chi connectivity index (χ3n) is 3.68. The van der Waals surface area contributed by atoms with Crippen molar-refractivity contribution in [3.8, 4) is 0 Å². The van der Waals surface area contributed by atoms with Crippen LogP contribution in [0.25, 0.3) is 0 Å². The molecule has 2 aromatic rings. The lowest BCUT2D eigenvalue weighted by Gasteiger charge is -2.14. The number of carbonyl (C=O) groups is 1. The summed E-state index contributed by atoms with van der Waals surface area (Å²) in [7, 11) is 1.68. The number of benzene rings is 2. The summed E-state index contributed by atoms with van der Waals surface area (Å²) in [6.07, 6.45) is -4.40. The zero-order valence-corrected chi connectivity index (χ0v) is 14.9. The number of carbonyl (C=O) groups excluding carboxylic acids is 1. The second-order valence-corrected chi connectivity index (χ2v) is 6.41. The molecule has 10 heteroatoms. The highest BCUT2D eigenvalue weighted by atomic mass is 35.5. The van der Waals surface area contributed by atoms with Crippen molar-refractivity contribution < 1.29 is 27.8 Å². The highest BCUT2D eigenvalue weighted by Gasteiger charge is 2.30. The maximum Gasteiger partial charge on any atom is 0.416 e. The lowest BCUT2D eigenvalue weighted by molar-refractivity contribution is -0.885. The number of likely N-dealkylation sites (N-methyl/N-ethyl adjacent to an activating group) is 1. The molecule has 2 aromatic carbocycles. The van der Waals surface area contributed by atoms with Crippen LogP contribution in [-0.4, -0.2) is 24.4 Å². The first-order chi connectivity index (χ1) is 12.6. The zero-order valence-electron chi connectivity index (χ0n) is 14.1. The maximum absolute atomic E-state index is 12.6. The highest BCUT2D eigenvalue weighted by molar-refractivity contribution is 6.31. The molecular formula is C17H16ClF3N3O3+. The van der Waals surface area contributed by atoms with Gasteiger partial charge in [-0.3, -0.25) is 14.9 Å². The molecule has 1 unspecified atom stereocenters. The molecule has 0 heterocycles. The van der Waals surface area contributed by atoms with E-state index < -0.39 is 22.6 Å². The Morgan fingerprint density at radius 1 is 1.22 bits per heavy atom. The van der Waals surface area contributed by atoms with Crippen molar-refractivity contribution in [2.45, 2.75) is 12.7 Å². The summed E-state index contributed by atoms with van der Waals surface area (Å²) in [5, 5.41) is 13.7. The molecule has 0 fully saturated rings. The lowest BCUT2D eigenvalue weighted by Crippen LogP contribution is -3.08. The summed E-state index contributed by atoms with van der Waals surface area (Å²) in [4.78, 5) is 23.2. The fraction of sp³-hybridized carbons (Fsp3) is 0.235. The van der Waals surface area contributed by atoms with Crippen LogP contribution in [0.1, 0.15) is 11.1 Å². The number of nitro groups is 1. The molecule has 0 aliphatic rings. The average Bonchev–Trinajstić information content (AvgIpc) is 2.53. The van der Waals surface area contributed by atoms with Crippen molar-refractivity contribution in [3.05, 3.63) is 68.7 Å². The van der Waals surface area contributed by atoms with Crippen LogP contribution in [0.3, 0.4) is 0 Å². The molecule has 144 valence electrons. The first-order valence-electron chi connectivity index (χ1n) is 7.77. The Bertz CT molecular complexity index is 842. The number of alkyl halides is 3. The van der Waals surface area contributed by atoms with Crippen molar-refractivity contribution in [3.63, 3.8) is 0 Å². The SMILES string of the molecule is C[NH+](CC(=O)Nc1cc(Cl)ccc1[N+](=O)[O-])Cc1ccc(C(F)(F)F)cc1. The van der Waals surface area contributed by atoms with Crippen molar-refractivity contribution in [1.82, 2.24) is 0 Å². The Labute approximate surface area is 157 Å². The topological polar surface area (TPSA) is 76.7 Å². The Kier molecular flexibility index (Phi) is 6.40. The minimum absolute atomic E-state index is 0.0140. The third-order valence-corrected chi connectivity index (χ3v) is 3.91. The van der Waals surface area contributed by atoms with Gasteiger partial charge in [0.1, 0.15) is 12.2 Å². The second-order valence-electron chi connectivity index (χ2n) is 5.97. The molecule has 6 nitrogen and oxygen atoms in total. The third kappa shape index (κ3) is 5.93. The largest absolute Gasteiger partial charge is 0.416 e. The minimum Gasteiger partial charge on any atom is -0.326 e. The smallest absolute Gasteiger partial charge is 0.326 e. The Morgan fingerprint density at radius 3 is 2.41 bits per heavy atom. The fourth-order valence-electron chi connectivity index (χ4n) is 2.46. The number of quaternary nitrogens is 1. The Hall–Kier alpha value is -2.65. The molecule has 0 spiro atoms. The van der Waals surface area contributed by atoms with Crippen LogP contribution in [0, 0.1) is 10.1 Å². The van der Waals surface area contributed by atoms with E-state index in [9.17, 15) is 28.1 Å². The summed E-state index contributed by atoms with van der Waals surface area (Å²) >= 11 is 5.80. The minimum atomic E-state index is -4.40. The molecule has 0 aliphatic carbocycles. The molecule has 2 rings (SSSR count). The van der Waals surface area contributed by atoms with Gasteiger partial charge in [-0.1, -0.05) is 23.7 Å². The fourth-order valence-corrected chi connectivity index (χ4v) is 2.63. The van der Waals surface area contributed by atoms with Crippen molar-refractivity contribution in [1.29, 1.82) is 0 Å². The Morgan fingerprint density at radius 2 is 1.85 bits per heavy atom. The van der Waals surface area contributed by atoms with E-state index in [0.29, 0.717) is 17.0 Å². The molecule has 2 N–H and O–H groups in total. The van der Waals surface area contributed by atoms with Crippen molar-refractivity contribution >= 4 is 28.9 Å². The summed E-state index contributed by atoms with van der Waals surface area (Å²) in [5.74, 6) is -0.482. The van der Waals surface area contributed by atoms with E-state index in [-0.39, 0.29) is 22.9 Å². The number of nitrogens with one attached hydrogen (secondary N) is 2. The van der Waals surface area contributed by atoms with E-state index in [1.807, 2.05) is 0 Å². The summed E-state index contributed by atoms with van der Waals surface area (Å²) in [6.45, 7) is 0.272. The van der Waals surface area contributed by atoms with Gasteiger partial charge in [-0.05, 0) is 24.3 Å². The highest BCUT2D eigenvalue weighted by Crippen LogP contribution is 2.29. The van der Waals surface area contributed by atoms with Gasteiger partial charge in [-0.2, -0.15) is 13.2 Å². The maximum atomic E-state index is 12.6. The van der Waals surface area contributed by atoms with Crippen LogP contribution in [0.15, 0.2) is 42.5 Å². The number of amides is 1. The molecule has 1 amide bonds. The van der Waals surface area contributed by atoms with E-state index in [1.54, 1.807) is 7.05 Å². The molecule has 0 aliphatic heterocycles. The molecular weight excluding hydrogens is 387 g/mol. The molecule has 1 atom stereocenters. The van der Waals surface area contributed by atoms with Gasteiger partial charge in [0, 0.05) is 16.7 Å². The second kappa shape index (κ2) is 8.36. The van der Waals surface area contributed by atoms with E-state index in [4.69, 9.17) is 11.6 Å². The lowest BCUT2D eigenvalue weighted by atomic mass is 10.1. The van der Waals surface area contributed by atoms with Crippen LogP contribution in [-0.2, 0) is 17.5 Å². The quantitative estimate of drug-likeness (QED) is 0.576. The van der Waals surface area contributed by atoms with Crippen LogP contribution in [0.4, 0.5) is 24.5 Å². The van der Waals surface area contributed by atoms with Crippen molar-refractivity contribution in [2.24, 2.45) is 0 Å². The van der Waals surface area contributed by atoms with Gasteiger partial charge in [0.2, 0.25) is 0 Å². The van der Waals surface area contributed by atoms with Gasteiger partial charge >= 0.3 is 6.18 Å². The number of rotatable bonds is 6. The molecule has 0 saturated carbocycles. The number of hydrogen-bond donors (Lipinski definition) is 2. The van der Waals surface area contributed by atoms with E-state index in [0.717, 1.165) is 12.1 Å². The van der Waals surface area contributed by atoms with Crippen LogP contribution >= 0.6 is 11.6 Å². The van der Waals surface area contributed by atoms with Gasteiger partial charge in [-0.25, -0.2) is 0 Å². The van der Waals surface area contributed by atoms with Gasteiger partial charge in [0.25, 0.3) is 11.6 Å². The van der Waals surface area contributed by atoms with Gasteiger partial charge in [0.15, 0.2) is 6.54 Å². The average molecular weight is 403 g/mol. The van der Waals surface area contributed by atoms with E-state index in [2.05, 4.69) is 5.32 Å². The van der Waals surface area contributed by atoms with Crippen LogP contribution < -0.4 is 10.2 Å². The van der Waals surface area contributed by atoms with E-state index >= 15 is 0 Å². The summed E-state index contributed by atoms with van der Waals surface area (Å²) < 4.78 is 37.7. The predicted molar refractivity (Wildman–Crippen MR) is 93.6 cm³/mol. The molecule has 0 radical (unpaired) electrons. The number of nitro benzene ring substituents is 1. The predicted octanol–water partition coefficient (Wildman–Crippen LogP) is 2.92. The first kappa shape index (κ1) is 20.7. The number of anilines is 1. The molecule has 0 aromatic heterocycles. The van der Waals surface area contributed by atoms with Crippen LogP contribution in [0.5, 0.6) is 0 Å². The molecule has 27 heavy (non-hydrogen) atoms. The summed E-state index contributed by atoms with van der Waals surface area (Å²) in [5.41, 5.74) is -0.412. The first-order valence-corrected chi connectivity index (χ1v) is 8.15.